The number of rotatable bonds is 6. The summed E-state index contributed by atoms with van der Waals surface area (Å²) in [5.41, 5.74) is 2.09. The molecule has 1 fully saturated rings. The number of ether oxygens (including phenoxy) is 1. The molecular formula is C18H24N2O3. The zero-order chi connectivity index (χ0) is 16.7. The van der Waals surface area contributed by atoms with Crippen LogP contribution in [0, 0.1) is 11.8 Å². The lowest BCUT2D eigenvalue weighted by Gasteiger charge is -2.46. The van der Waals surface area contributed by atoms with Crippen molar-refractivity contribution in [2.45, 2.75) is 31.3 Å². The Morgan fingerprint density at radius 2 is 2.09 bits per heavy atom. The maximum absolute atomic E-state index is 11.4. The Labute approximate surface area is 137 Å². The number of nitrogens with one attached hydrogen (secondary N) is 2. The van der Waals surface area contributed by atoms with Crippen LogP contribution in [-0.4, -0.2) is 50.0 Å². The lowest BCUT2D eigenvalue weighted by Crippen LogP contribution is -2.64. The minimum Gasteiger partial charge on any atom is -0.395 e. The van der Waals surface area contributed by atoms with Crippen molar-refractivity contribution >= 4 is 5.91 Å². The van der Waals surface area contributed by atoms with Crippen molar-refractivity contribution in [1.29, 1.82) is 0 Å². The lowest BCUT2D eigenvalue weighted by molar-refractivity contribution is -0.121. The number of benzene rings is 1. The first kappa shape index (κ1) is 17.5. The maximum Gasteiger partial charge on any atom is 0.219 e. The van der Waals surface area contributed by atoms with Crippen LogP contribution in [0.15, 0.2) is 24.3 Å². The van der Waals surface area contributed by atoms with Crippen molar-refractivity contribution < 1.29 is 14.6 Å². The van der Waals surface area contributed by atoms with Crippen molar-refractivity contribution in [3.63, 3.8) is 0 Å². The summed E-state index contributed by atoms with van der Waals surface area (Å²) < 4.78 is 4.91. The van der Waals surface area contributed by atoms with Crippen LogP contribution in [-0.2, 0) is 9.53 Å². The normalized spacial score (nSPS) is 22.7. The fourth-order valence-corrected chi connectivity index (χ4v) is 2.81. The standard InChI is InChI=1S/C18H24N2O3/c1-3-17(22)19-11-15-18(16(12-21)20-15)14-8-6-13(7-9-14)5-4-10-23-2/h6-9,15-16,18,20-21H,3,10-12H2,1-2H3,(H,19,22)/t15-,16-,18-/m1/s1. The summed E-state index contributed by atoms with van der Waals surface area (Å²) in [5.74, 6) is 6.19. The summed E-state index contributed by atoms with van der Waals surface area (Å²) in [6.45, 7) is 2.91. The number of aliphatic hydroxyl groups excluding tert-OH is 1. The van der Waals surface area contributed by atoms with E-state index in [1.165, 1.54) is 0 Å². The molecule has 1 saturated heterocycles. The monoisotopic (exact) mass is 316 g/mol. The van der Waals surface area contributed by atoms with E-state index in [0.717, 1.165) is 11.1 Å². The van der Waals surface area contributed by atoms with Gasteiger partial charge in [-0.05, 0) is 17.7 Å². The molecule has 0 unspecified atom stereocenters. The van der Waals surface area contributed by atoms with Crippen LogP contribution in [0.1, 0.15) is 30.4 Å². The second-order valence-corrected chi connectivity index (χ2v) is 5.60. The third-order valence-corrected chi connectivity index (χ3v) is 4.08. The number of carbonyl (C=O) groups excluding carboxylic acids is 1. The number of hydrogen-bond donors (Lipinski definition) is 3. The van der Waals surface area contributed by atoms with Crippen LogP contribution in [0.2, 0.25) is 0 Å². The van der Waals surface area contributed by atoms with E-state index in [1.54, 1.807) is 7.11 Å². The van der Waals surface area contributed by atoms with Gasteiger partial charge in [-0.2, -0.15) is 0 Å². The van der Waals surface area contributed by atoms with E-state index in [1.807, 2.05) is 31.2 Å². The number of hydrogen-bond acceptors (Lipinski definition) is 4. The van der Waals surface area contributed by atoms with Gasteiger partial charge in [0.05, 0.1) is 6.61 Å². The molecule has 0 saturated carbocycles. The van der Waals surface area contributed by atoms with Crippen LogP contribution >= 0.6 is 0 Å². The van der Waals surface area contributed by atoms with Crippen LogP contribution in [0.5, 0.6) is 0 Å². The summed E-state index contributed by atoms with van der Waals surface area (Å²) in [6, 6.07) is 8.22. The molecule has 0 aromatic heterocycles. The van der Waals surface area contributed by atoms with Crippen molar-refractivity contribution in [1.82, 2.24) is 10.6 Å². The number of carbonyl (C=O) groups is 1. The summed E-state index contributed by atoms with van der Waals surface area (Å²) in [4.78, 5) is 11.4. The fraction of sp³-hybridized carbons (Fsp3) is 0.500. The molecular weight excluding hydrogens is 292 g/mol. The van der Waals surface area contributed by atoms with E-state index in [2.05, 4.69) is 22.5 Å². The zero-order valence-electron chi connectivity index (χ0n) is 13.6. The molecule has 1 heterocycles. The number of methoxy groups -OCH3 is 1. The first-order chi connectivity index (χ1) is 11.2. The maximum atomic E-state index is 11.4. The largest absolute Gasteiger partial charge is 0.395 e. The van der Waals surface area contributed by atoms with Crippen LogP contribution in [0.25, 0.3) is 0 Å². The predicted octanol–water partition coefficient (Wildman–Crippen LogP) is 0.627. The average Bonchev–Trinajstić information content (AvgIpc) is 2.55. The molecule has 0 aliphatic carbocycles. The Morgan fingerprint density at radius 1 is 1.35 bits per heavy atom. The molecule has 23 heavy (non-hydrogen) atoms. The molecule has 0 radical (unpaired) electrons. The topological polar surface area (TPSA) is 70.6 Å². The smallest absolute Gasteiger partial charge is 0.219 e. The molecule has 5 nitrogen and oxygen atoms in total. The number of amides is 1. The van der Waals surface area contributed by atoms with E-state index in [0.29, 0.717) is 19.6 Å². The van der Waals surface area contributed by atoms with Gasteiger partial charge in [-0.15, -0.1) is 0 Å². The Hall–Kier alpha value is -1.87. The number of aliphatic hydroxyl groups is 1. The minimum absolute atomic E-state index is 0.0314. The third-order valence-electron chi connectivity index (χ3n) is 4.08. The Bertz CT molecular complexity index is 574. The lowest BCUT2D eigenvalue weighted by atomic mass is 9.77. The Balaban J connectivity index is 2.02. The van der Waals surface area contributed by atoms with Gasteiger partial charge in [0, 0.05) is 43.6 Å². The van der Waals surface area contributed by atoms with E-state index in [9.17, 15) is 9.90 Å². The highest BCUT2D eigenvalue weighted by atomic mass is 16.5. The van der Waals surface area contributed by atoms with Crippen molar-refractivity contribution in [3.05, 3.63) is 35.4 Å². The zero-order valence-corrected chi connectivity index (χ0v) is 13.6. The highest BCUT2D eigenvalue weighted by molar-refractivity contribution is 5.75. The quantitative estimate of drug-likeness (QED) is 0.673. The first-order valence-electron chi connectivity index (χ1n) is 7.91. The highest BCUT2D eigenvalue weighted by Crippen LogP contribution is 2.31. The summed E-state index contributed by atoms with van der Waals surface area (Å²) in [6.07, 6.45) is 0.482. The molecule has 1 aliphatic rings. The van der Waals surface area contributed by atoms with Gasteiger partial charge in [0.25, 0.3) is 0 Å². The van der Waals surface area contributed by atoms with Gasteiger partial charge in [0.2, 0.25) is 5.91 Å². The molecule has 0 bridgehead atoms. The average molecular weight is 316 g/mol. The Morgan fingerprint density at radius 3 is 2.70 bits per heavy atom. The van der Waals surface area contributed by atoms with Gasteiger partial charge in [-0.3, -0.25) is 4.79 Å². The fourth-order valence-electron chi connectivity index (χ4n) is 2.81. The SMILES string of the molecule is CCC(=O)NC[C@H]1N[C@H](CO)[C@@H]1c1ccc(C#CCOC)cc1. The summed E-state index contributed by atoms with van der Waals surface area (Å²) in [7, 11) is 1.62. The molecule has 1 aromatic rings. The third kappa shape index (κ3) is 4.55. The van der Waals surface area contributed by atoms with Gasteiger partial charge >= 0.3 is 0 Å². The van der Waals surface area contributed by atoms with Gasteiger partial charge in [0.15, 0.2) is 0 Å². The van der Waals surface area contributed by atoms with Gasteiger partial charge in [-0.25, -0.2) is 0 Å². The summed E-state index contributed by atoms with van der Waals surface area (Å²) in [5, 5.41) is 15.7. The van der Waals surface area contributed by atoms with Crippen LogP contribution < -0.4 is 10.6 Å². The molecule has 1 aromatic carbocycles. The Kier molecular flexibility index (Phi) is 6.60. The molecule has 2 rings (SSSR count). The van der Waals surface area contributed by atoms with E-state index in [-0.39, 0.29) is 30.5 Å². The predicted molar refractivity (Wildman–Crippen MR) is 89.0 cm³/mol. The molecule has 1 amide bonds. The molecule has 3 atom stereocenters. The van der Waals surface area contributed by atoms with E-state index in [4.69, 9.17) is 4.74 Å². The first-order valence-corrected chi connectivity index (χ1v) is 7.91. The van der Waals surface area contributed by atoms with Gasteiger partial charge in [0.1, 0.15) is 6.61 Å². The van der Waals surface area contributed by atoms with Crippen molar-refractivity contribution in [2.24, 2.45) is 0 Å². The van der Waals surface area contributed by atoms with Gasteiger partial charge in [-0.1, -0.05) is 30.9 Å². The highest BCUT2D eigenvalue weighted by Gasteiger charge is 2.40. The summed E-state index contributed by atoms with van der Waals surface area (Å²) >= 11 is 0. The van der Waals surface area contributed by atoms with Crippen LogP contribution in [0.3, 0.4) is 0 Å². The second-order valence-electron chi connectivity index (χ2n) is 5.60. The van der Waals surface area contributed by atoms with E-state index >= 15 is 0 Å². The molecule has 3 N–H and O–H groups in total. The van der Waals surface area contributed by atoms with Gasteiger partial charge < -0.3 is 20.5 Å². The molecule has 1 aliphatic heterocycles. The second kappa shape index (κ2) is 8.68. The van der Waals surface area contributed by atoms with Crippen LogP contribution in [0.4, 0.5) is 0 Å². The molecule has 0 spiro atoms. The van der Waals surface area contributed by atoms with Crippen molar-refractivity contribution in [2.75, 3.05) is 26.9 Å². The minimum atomic E-state index is 0.0314. The molecule has 5 heteroatoms. The molecule has 124 valence electrons. The van der Waals surface area contributed by atoms with Crippen molar-refractivity contribution in [3.8, 4) is 11.8 Å². The van der Waals surface area contributed by atoms with E-state index < -0.39 is 0 Å².